The van der Waals surface area contributed by atoms with Crippen molar-refractivity contribution in [3.05, 3.63) is 0 Å². The summed E-state index contributed by atoms with van der Waals surface area (Å²) in [5.41, 5.74) is 0. The maximum atomic E-state index is 10.5. The van der Waals surface area contributed by atoms with E-state index in [-0.39, 0.29) is 30.1 Å². The number of hydrogen-bond donors (Lipinski definition) is 3. The smallest absolute Gasteiger partial charge is 0.191 e. The molecule has 0 spiro atoms. The number of aliphatic hydroxyl groups excluding tert-OH is 1. The summed E-state index contributed by atoms with van der Waals surface area (Å²) in [6, 6.07) is 1.35. The Morgan fingerprint density at radius 3 is 2.15 bits per heavy atom. The lowest BCUT2D eigenvalue weighted by Crippen LogP contribution is -2.52. The van der Waals surface area contributed by atoms with E-state index in [1.54, 1.807) is 0 Å². The van der Waals surface area contributed by atoms with Crippen molar-refractivity contribution < 1.29 is 5.11 Å². The van der Waals surface area contributed by atoms with Gasteiger partial charge in [0.05, 0.1) is 6.10 Å². The first kappa shape index (κ1) is 23.2. The maximum absolute atomic E-state index is 10.5. The van der Waals surface area contributed by atoms with Gasteiger partial charge in [0.2, 0.25) is 0 Å². The van der Waals surface area contributed by atoms with E-state index in [0.29, 0.717) is 18.5 Å². The van der Waals surface area contributed by atoms with Crippen molar-refractivity contribution >= 4 is 29.9 Å². The highest BCUT2D eigenvalue weighted by Gasteiger charge is 2.27. The average molecular weight is 492 g/mol. The van der Waals surface area contributed by atoms with E-state index in [1.165, 1.54) is 90.1 Å². The van der Waals surface area contributed by atoms with Crippen molar-refractivity contribution in [2.24, 2.45) is 10.9 Å². The Bertz CT molecular complexity index is 428. The molecule has 6 heteroatoms. The van der Waals surface area contributed by atoms with Gasteiger partial charge in [0.25, 0.3) is 0 Å². The molecule has 27 heavy (non-hydrogen) atoms. The van der Waals surface area contributed by atoms with Crippen molar-refractivity contribution in [1.82, 2.24) is 15.5 Å². The minimum absolute atomic E-state index is 0. The molecule has 1 unspecified atom stereocenters. The van der Waals surface area contributed by atoms with Gasteiger partial charge in [0, 0.05) is 38.8 Å². The first-order valence-corrected chi connectivity index (χ1v) is 11.2. The number of piperidine rings is 1. The molecule has 1 heterocycles. The van der Waals surface area contributed by atoms with E-state index in [2.05, 4.69) is 20.5 Å². The first-order chi connectivity index (χ1) is 12.8. The topological polar surface area (TPSA) is 59.9 Å². The van der Waals surface area contributed by atoms with Crippen LogP contribution in [0, 0.1) is 5.92 Å². The van der Waals surface area contributed by atoms with Crippen LogP contribution < -0.4 is 10.6 Å². The van der Waals surface area contributed by atoms with Crippen LogP contribution in [0.5, 0.6) is 0 Å². The lowest BCUT2D eigenvalue weighted by Gasteiger charge is -2.39. The van der Waals surface area contributed by atoms with Crippen LogP contribution in [0.4, 0.5) is 0 Å². The van der Waals surface area contributed by atoms with Gasteiger partial charge in [-0.3, -0.25) is 4.99 Å². The zero-order chi connectivity index (χ0) is 18.2. The number of guanidine groups is 1. The Labute approximate surface area is 183 Å². The van der Waals surface area contributed by atoms with Crippen molar-refractivity contribution in [2.45, 2.75) is 95.2 Å². The fraction of sp³-hybridized carbons (Fsp3) is 0.952. The Kier molecular flexibility index (Phi) is 10.7. The highest BCUT2D eigenvalue weighted by Crippen LogP contribution is 2.26. The Hall–Kier alpha value is -0.0800. The molecule has 3 N–H and O–H groups in total. The molecule has 1 saturated heterocycles. The number of rotatable bonds is 5. The van der Waals surface area contributed by atoms with Gasteiger partial charge in [-0.25, -0.2) is 0 Å². The van der Waals surface area contributed by atoms with Crippen molar-refractivity contribution in [3.8, 4) is 0 Å². The number of halogens is 1. The Balaban J connectivity index is 0.00000261. The summed E-state index contributed by atoms with van der Waals surface area (Å²) < 4.78 is 0. The quantitative estimate of drug-likeness (QED) is 0.313. The van der Waals surface area contributed by atoms with Crippen molar-refractivity contribution in [1.29, 1.82) is 0 Å². The number of likely N-dealkylation sites (tertiary alicyclic amines) is 1. The first-order valence-electron chi connectivity index (χ1n) is 11.2. The standard InChI is InChI=1S/C21H40N4O.HI/c1-22-21(23-16-20(26)17-8-4-2-5-9-17)24-18-12-14-25(15-13-18)19-10-6-3-7-11-19;/h17-20,26H,2-16H2,1H3,(H2,22,23,24);1H. The van der Waals surface area contributed by atoms with Crippen LogP contribution >= 0.6 is 24.0 Å². The molecule has 158 valence electrons. The molecule has 1 aliphatic heterocycles. The van der Waals surface area contributed by atoms with Gasteiger partial charge in [-0.2, -0.15) is 0 Å². The number of aliphatic imine (C=N–C) groups is 1. The van der Waals surface area contributed by atoms with E-state index in [4.69, 9.17) is 0 Å². The monoisotopic (exact) mass is 492 g/mol. The van der Waals surface area contributed by atoms with Crippen molar-refractivity contribution in [2.75, 3.05) is 26.7 Å². The van der Waals surface area contributed by atoms with Gasteiger partial charge in [0.1, 0.15) is 0 Å². The molecular weight excluding hydrogens is 451 g/mol. The molecule has 0 aromatic heterocycles. The minimum Gasteiger partial charge on any atom is -0.391 e. The molecule has 3 fully saturated rings. The van der Waals surface area contributed by atoms with Crippen LogP contribution in [0.3, 0.4) is 0 Å². The van der Waals surface area contributed by atoms with Gasteiger partial charge >= 0.3 is 0 Å². The fourth-order valence-electron chi connectivity index (χ4n) is 5.13. The van der Waals surface area contributed by atoms with Gasteiger partial charge in [-0.15, -0.1) is 24.0 Å². The molecule has 0 amide bonds. The van der Waals surface area contributed by atoms with Gasteiger partial charge in [0.15, 0.2) is 5.96 Å². The van der Waals surface area contributed by atoms with Crippen molar-refractivity contribution in [3.63, 3.8) is 0 Å². The molecule has 2 aliphatic carbocycles. The molecule has 0 aromatic carbocycles. The lowest BCUT2D eigenvalue weighted by molar-refractivity contribution is 0.0877. The van der Waals surface area contributed by atoms with Crippen LogP contribution in [-0.4, -0.2) is 60.8 Å². The molecule has 2 saturated carbocycles. The lowest BCUT2D eigenvalue weighted by atomic mass is 9.85. The molecule has 5 nitrogen and oxygen atoms in total. The van der Waals surface area contributed by atoms with Gasteiger partial charge < -0.3 is 20.6 Å². The second kappa shape index (κ2) is 12.5. The van der Waals surface area contributed by atoms with E-state index < -0.39 is 0 Å². The van der Waals surface area contributed by atoms with Crippen LogP contribution in [0.25, 0.3) is 0 Å². The van der Waals surface area contributed by atoms with Crippen LogP contribution in [0.2, 0.25) is 0 Å². The maximum Gasteiger partial charge on any atom is 0.191 e. The zero-order valence-electron chi connectivity index (χ0n) is 17.2. The molecule has 0 aromatic rings. The van der Waals surface area contributed by atoms with Gasteiger partial charge in [-0.05, 0) is 44.4 Å². The van der Waals surface area contributed by atoms with Crippen LogP contribution in [0.15, 0.2) is 4.99 Å². The average Bonchev–Trinajstić information content (AvgIpc) is 2.72. The largest absolute Gasteiger partial charge is 0.391 e. The Morgan fingerprint density at radius 2 is 1.56 bits per heavy atom. The van der Waals surface area contributed by atoms with E-state index in [0.717, 1.165) is 12.0 Å². The highest BCUT2D eigenvalue weighted by molar-refractivity contribution is 14.0. The SMILES string of the molecule is CN=C(NCC(O)C1CCCCC1)NC1CCN(C2CCCCC2)CC1.I. The van der Waals surface area contributed by atoms with Crippen LogP contribution in [-0.2, 0) is 0 Å². The summed E-state index contributed by atoms with van der Waals surface area (Å²) in [5, 5.41) is 17.4. The summed E-state index contributed by atoms with van der Waals surface area (Å²) in [7, 11) is 1.83. The summed E-state index contributed by atoms with van der Waals surface area (Å²) in [6.45, 7) is 3.04. The summed E-state index contributed by atoms with van der Waals surface area (Å²) >= 11 is 0. The van der Waals surface area contributed by atoms with E-state index >= 15 is 0 Å². The number of aliphatic hydroxyl groups is 1. The number of nitrogens with zero attached hydrogens (tertiary/aromatic N) is 2. The fourth-order valence-corrected chi connectivity index (χ4v) is 5.13. The second-order valence-corrected chi connectivity index (χ2v) is 8.66. The Morgan fingerprint density at radius 1 is 0.963 bits per heavy atom. The normalized spacial score (nSPS) is 25.6. The summed E-state index contributed by atoms with van der Waals surface area (Å²) in [5.74, 6) is 1.32. The predicted molar refractivity (Wildman–Crippen MR) is 124 cm³/mol. The number of nitrogens with one attached hydrogen (secondary N) is 2. The predicted octanol–water partition coefficient (Wildman–Crippen LogP) is 3.51. The zero-order valence-corrected chi connectivity index (χ0v) is 19.5. The van der Waals surface area contributed by atoms with Gasteiger partial charge in [-0.1, -0.05) is 38.5 Å². The third-order valence-electron chi connectivity index (χ3n) is 6.86. The van der Waals surface area contributed by atoms with Crippen LogP contribution in [0.1, 0.15) is 77.0 Å². The number of hydrogen-bond acceptors (Lipinski definition) is 3. The molecule has 3 rings (SSSR count). The molecule has 0 bridgehead atoms. The molecule has 0 radical (unpaired) electrons. The molecule has 1 atom stereocenters. The third kappa shape index (κ3) is 7.35. The summed E-state index contributed by atoms with van der Waals surface area (Å²) in [6.07, 6.45) is 15.5. The molecule has 3 aliphatic rings. The highest BCUT2D eigenvalue weighted by atomic mass is 127. The third-order valence-corrected chi connectivity index (χ3v) is 6.86. The van der Waals surface area contributed by atoms with E-state index in [1.807, 2.05) is 7.05 Å². The van der Waals surface area contributed by atoms with E-state index in [9.17, 15) is 5.11 Å². The second-order valence-electron chi connectivity index (χ2n) is 8.66. The minimum atomic E-state index is -0.248. The summed E-state index contributed by atoms with van der Waals surface area (Å²) in [4.78, 5) is 7.10. The molecular formula is C21H41IN4O.